The van der Waals surface area contributed by atoms with Crippen molar-refractivity contribution in [2.45, 2.75) is 31.9 Å². The number of urea groups is 1. The van der Waals surface area contributed by atoms with E-state index in [1.54, 1.807) is 40.6 Å². The second-order valence-corrected chi connectivity index (χ2v) is 9.14. The van der Waals surface area contributed by atoms with Gasteiger partial charge in [0.1, 0.15) is 5.69 Å². The number of amides is 3. The molecule has 0 unspecified atom stereocenters. The molecule has 6 nitrogen and oxygen atoms in total. The van der Waals surface area contributed by atoms with Gasteiger partial charge in [-0.15, -0.1) is 11.3 Å². The maximum atomic E-state index is 13.2. The van der Waals surface area contributed by atoms with Crippen molar-refractivity contribution in [3.8, 4) is 11.1 Å². The predicted octanol–water partition coefficient (Wildman–Crippen LogP) is 5.99. The molecule has 0 bridgehead atoms. The molecule has 1 aromatic heterocycles. The number of nitrogens with zero attached hydrogens (tertiary/aromatic N) is 2. The molecular weight excluding hydrogens is 477 g/mol. The number of rotatable bonds is 5. The number of aromatic nitrogens is 1. The molecule has 0 saturated carbocycles. The monoisotopic (exact) mass is 502 g/mol. The quantitative estimate of drug-likeness (QED) is 0.450. The fraction of sp³-hybridized carbons (Fsp3) is 0.320. The van der Waals surface area contributed by atoms with E-state index < -0.39 is 17.6 Å². The van der Waals surface area contributed by atoms with Crippen molar-refractivity contribution in [3.63, 3.8) is 0 Å². The minimum atomic E-state index is -4.46. The SMILES string of the molecule is CCNC(=O)N1CCC(c2nc(C(=O)Nc3ccccc3-c3cccc(C(F)(F)F)c3)cs2)CC1. The highest BCUT2D eigenvalue weighted by Crippen LogP contribution is 2.35. The van der Waals surface area contributed by atoms with Crippen LogP contribution in [0.25, 0.3) is 11.1 Å². The summed E-state index contributed by atoms with van der Waals surface area (Å²) in [4.78, 5) is 31.2. The molecule has 1 aliphatic rings. The molecule has 0 spiro atoms. The molecule has 1 aliphatic heterocycles. The number of hydrogen-bond donors (Lipinski definition) is 2. The van der Waals surface area contributed by atoms with E-state index in [0.717, 1.165) is 30.0 Å². The molecule has 0 atom stereocenters. The van der Waals surface area contributed by atoms with Crippen molar-refractivity contribution < 1.29 is 22.8 Å². The van der Waals surface area contributed by atoms with Crippen molar-refractivity contribution in [1.82, 2.24) is 15.2 Å². The molecule has 1 fully saturated rings. The van der Waals surface area contributed by atoms with Gasteiger partial charge < -0.3 is 15.5 Å². The number of piperidine rings is 1. The zero-order valence-corrected chi connectivity index (χ0v) is 19.9. The summed E-state index contributed by atoms with van der Waals surface area (Å²) in [5.41, 5.74) is 0.754. The highest BCUT2D eigenvalue weighted by atomic mass is 32.1. The van der Waals surface area contributed by atoms with Gasteiger partial charge in [0, 0.05) is 42.2 Å². The van der Waals surface area contributed by atoms with Gasteiger partial charge in [-0.3, -0.25) is 4.79 Å². The number of para-hydroxylation sites is 1. The molecule has 2 heterocycles. The molecular formula is C25H25F3N4O2S. The minimum absolute atomic E-state index is 0.0652. The number of anilines is 1. The molecule has 2 N–H and O–H groups in total. The van der Waals surface area contributed by atoms with Crippen LogP contribution >= 0.6 is 11.3 Å². The lowest BCUT2D eigenvalue weighted by Crippen LogP contribution is -2.44. The van der Waals surface area contributed by atoms with Crippen molar-refractivity contribution in [1.29, 1.82) is 0 Å². The lowest BCUT2D eigenvalue weighted by atomic mass is 9.98. The molecule has 0 radical (unpaired) electrons. The van der Waals surface area contributed by atoms with Crippen LogP contribution in [0.4, 0.5) is 23.7 Å². The second kappa shape index (κ2) is 10.5. The normalized spacial score (nSPS) is 14.6. The number of benzene rings is 2. The fourth-order valence-electron chi connectivity index (χ4n) is 4.07. The molecule has 2 aromatic carbocycles. The summed E-state index contributed by atoms with van der Waals surface area (Å²) >= 11 is 1.40. The van der Waals surface area contributed by atoms with Crippen LogP contribution in [0, 0.1) is 0 Å². The molecule has 3 amide bonds. The smallest absolute Gasteiger partial charge is 0.338 e. The van der Waals surface area contributed by atoms with E-state index in [1.807, 2.05) is 6.92 Å². The van der Waals surface area contributed by atoms with Crippen molar-refractivity contribution >= 4 is 29.0 Å². The predicted molar refractivity (Wildman–Crippen MR) is 130 cm³/mol. The van der Waals surface area contributed by atoms with Gasteiger partial charge >= 0.3 is 12.2 Å². The number of carbonyl (C=O) groups excluding carboxylic acids is 2. The lowest BCUT2D eigenvalue weighted by molar-refractivity contribution is -0.137. The van der Waals surface area contributed by atoms with Crippen LogP contribution in [-0.4, -0.2) is 41.5 Å². The van der Waals surface area contributed by atoms with Crippen LogP contribution in [0.2, 0.25) is 0 Å². The molecule has 1 saturated heterocycles. The van der Waals surface area contributed by atoms with Crippen LogP contribution in [-0.2, 0) is 6.18 Å². The van der Waals surface area contributed by atoms with Crippen LogP contribution in [0.5, 0.6) is 0 Å². The molecule has 10 heteroatoms. The lowest BCUT2D eigenvalue weighted by Gasteiger charge is -2.31. The van der Waals surface area contributed by atoms with E-state index in [4.69, 9.17) is 0 Å². The fourth-order valence-corrected chi connectivity index (χ4v) is 5.04. The average molecular weight is 503 g/mol. The van der Waals surface area contributed by atoms with Gasteiger partial charge in [0.05, 0.1) is 10.6 Å². The Morgan fingerprint density at radius 1 is 1.11 bits per heavy atom. The number of thiazole rings is 1. The first-order valence-corrected chi connectivity index (χ1v) is 12.2. The Morgan fingerprint density at radius 2 is 1.86 bits per heavy atom. The largest absolute Gasteiger partial charge is 0.416 e. The van der Waals surface area contributed by atoms with Crippen LogP contribution in [0.1, 0.15) is 46.7 Å². The van der Waals surface area contributed by atoms with Gasteiger partial charge in [0.15, 0.2) is 0 Å². The number of likely N-dealkylation sites (tertiary alicyclic amines) is 1. The summed E-state index contributed by atoms with van der Waals surface area (Å²) in [5, 5.41) is 8.14. The maximum Gasteiger partial charge on any atom is 0.416 e. The number of carbonyl (C=O) groups is 2. The zero-order chi connectivity index (χ0) is 25.0. The number of halogens is 3. The van der Waals surface area contributed by atoms with Crippen LogP contribution in [0.3, 0.4) is 0 Å². The highest BCUT2D eigenvalue weighted by molar-refractivity contribution is 7.10. The number of alkyl halides is 3. The topological polar surface area (TPSA) is 74.3 Å². The standard InChI is InChI=1S/C25H25F3N4O2S/c1-2-29-24(34)32-12-10-16(11-13-32)23-31-21(15-35-23)22(33)30-20-9-4-3-8-19(20)17-6-5-7-18(14-17)25(26,27)28/h3-9,14-16H,2,10-13H2,1H3,(H,29,34)(H,30,33). The minimum Gasteiger partial charge on any atom is -0.338 e. The van der Waals surface area contributed by atoms with Crippen molar-refractivity contribution in [3.05, 3.63) is 70.2 Å². The molecule has 184 valence electrons. The van der Waals surface area contributed by atoms with Gasteiger partial charge in [-0.2, -0.15) is 13.2 Å². The van der Waals surface area contributed by atoms with Crippen LogP contribution < -0.4 is 10.6 Å². The van der Waals surface area contributed by atoms with E-state index in [1.165, 1.54) is 17.4 Å². The third kappa shape index (κ3) is 5.82. The third-order valence-corrected chi connectivity index (χ3v) is 6.90. The second-order valence-electron chi connectivity index (χ2n) is 8.25. The summed E-state index contributed by atoms with van der Waals surface area (Å²) in [5.74, 6) is -0.253. The van der Waals surface area contributed by atoms with E-state index in [9.17, 15) is 22.8 Å². The first-order chi connectivity index (χ1) is 16.8. The Balaban J connectivity index is 1.46. The summed E-state index contributed by atoms with van der Waals surface area (Å²) < 4.78 is 39.5. The summed E-state index contributed by atoms with van der Waals surface area (Å²) in [6.07, 6.45) is -2.92. The van der Waals surface area contributed by atoms with Gasteiger partial charge in [0.2, 0.25) is 0 Å². The Bertz CT molecular complexity index is 1200. The Labute approximate surface area is 205 Å². The maximum absolute atomic E-state index is 13.2. The van der Waals surface area contributed by atoms with Crippen LogP contribution in [0.15, 0.2) is 53.9 Å². The van der Waals surface area contributed by atoms with E-state index in [0.29, 0.717) is 36.4 Å². The third-order valence-electron chi connectivity index (χ3n) is 5.89. The zero-order valence-electron chi connectivity index (χ0n) is 19.1. The molecule has 4 rings (SSSR count). The van der Waals surface area contributed by atoms with Gasteiger partial charge in [0.25, 0.3) is 5.91 Å². The summed E-state index contributed by atoms with van der Waals surface area (Å²) in [6, 6.07) is 11.7. The first-order valence-electron chi connectivity index (χ1n) is 11.3. The Kier molecular flexibility index (Phi) is 7.39. The van der Waals surface area contributed by atoms with Crippen molar-refractivity contribution in [2.75, 3.05) is 25.0 Å². The highest BCUT2D eigenvalue weighted by Gasteiger charge is 2.31. The average Bonchev–Trinajstić information content (AvgIpc) is 3.35. The number of nitrogens with one attached hydrogen (secondary N) is 2. The summed E-state index contributed by atoms with van der Waals surface area (Å²) in [7, 11) is 0. The van der Waals surface area contributed by atoms with Gasteiger partial charge in [-0.05, 0) is 43.5 Å². The molecule has 35 heavy (non-hydrogen) atoms. The molecule has 0 aliphatic carbocycles. The van der Waals surface area contributed by atoms with E-state index >= 15 is 0 Å². The number of hydrogen-bond acceptors (Lipinski definition) is 4. The van der Waals surface area contributed by atoms with Gasteiger partial charge in [-0.1, -0.05) is 30.3 Å². The first kappa shape index (κ1) is 24.7. The van der Waals surface area contributed by atoms with E-state index in [2.05, 4.69) is 15.6 Å². The Morgan fingerprint density at radius 3 is 2.57 bits per heavy atom. The summed E-state index contributed by atoms with van der Waals surface area (Å²) in [6.45, 7) is 3.72. The molecule has 3 aromatic rings. The Hall–Kier alpha value is -3.40. The van der Waals surface area contributed by atoms with Crippen molar-refractivity contribution in [2.24, 2.45) is 0 Å². The van der Waals surface area contributed by atoms with Gasteiger partial charge in [-0.25, -0.2) is 9.78 Å². The van der Waals surface area contributed by atoms with E-state index in [-0.39, 0.29) is 17.6 Å².